The van der Waals surface area contributed by atoms with Gasteiger partial charge in [0.1, 0.15) is 0 Å². The molecule has 0 spiro atoms. The number of rotatable bonds is 5. The Labute approximate surface area is 147 Å². The van der Waals surface area contributed by atoms with Gasteiger partial charge < -0.3 is 9.80 Å². The van der Waals surface area contributed by atoms with Gasteiger partial charge in [0.05, 0.1) is 23.3 Å². The van der Waals surface area contributed by atoms with E-state index in [9.17, 15) is 8.42 Å². The highest BCUT2D eigenvalue weighted by Crippen LogP contribution is 2.29. The molecule has 0 unspecified atom stereocenters. The maximum absolute atomic E-state index is 11.9. The van der Waals surface area contributed by atoms with Gasteiger partial charge in [-0.25, -0.2) is 18.4 Å². The van der Waals surface area contributed by atoms with Crippen molar-refractivity contribution in [2.24, 2.45) is 0 Å². The second-order valence-corrected chi connectivity index (χ2v) is 8.39. The summed E-state index contributed by atoms with van der Waals surface area (Å²) in [6.07, 6.45) is 4.57. The molecule has 1 saturated heterocycles. The number of para-hydroxylation sites is 1. The van der Waals surface area contributed by atoms with Gasteiger partial charge in [-0.15, -0.1) is 0 Å². The molecular formula is C17H21N5O2S. The molecule has 1 aromatic heterocycles. The third-order valence-electron chi connectivity index (χ3n) is 4.55. The number of benzene rings is 1. The molecule has 1 aliphatic carbocycles. The number of hydrogen-bond donors (Lipinski definition) is 1. The quantitative estimate of drug-likeness (QED) is 0.876. The summed E-state index contributed by atoms with van der Waals surface area (Å²) in [5, 5.41) is -0.252. The van der Waals surface area contributed by atoms with Crippen molar-refractivity contribution in [3.8, 4) is 0 Å². The zero-order valence-corrected chi connectivity index (χ0v) is 14.7. The second kappa shape index (κ2) is 6.51. The van der Waals surface area contributed by atoms with E-state index in [4.69, 9.17) is 0 Å². The van der Waals surface area contributed by atoms with Gasteiger partial charge in [-0.05, 0) is 25.0 Å². The molecule has 0 amide bonds. The van der Waals surface area contributed by atoms with Crippen molar-refractivity contribution in [1.29, 1.82) is 0 Å². The van der Waals surface area contributed by atoms with Crippen LogP contribution in [0.15, 0.2) is 42.7 Å². The van der Waals surface area contributed by atoms with Crippen LogP contribution in [0.1, 0.15) is 12.8 Å². The molecule has 132 valence electrons. The molecule has 2 heterocycles. The SMILES string of the molecule is O=S(=O)(Nc1cnc(N2CCN(c3ccccc3)CC2)nc1)C1CC1. The largest absolute Gasteiger partial charge is 0.368 e. The summed E-state index contributed by atoms with van der Waals surface area (Å²) in [5.41, 5.74) is 1.66. The zero-order chi connectivity index (χ0) is 17.3. The highest BCUT2D eigenvalue weighted by molar-refractivity contribution is 7.93. The smallest absolute Gasteiger partial charge is 0.235 e. The van der Waals surface area contributed by atoms with Gasteiger partial charge in [0.2, 0.25) is 16.0 Å². The van der Waals surface area contributed by atoms with Gasteiger partial charge in [0.25, 0.3) is 0 Å². The fourth-order valence-corrected chi connectivity index (χ4v) is 4.32. The zero-order valence-electron chi connectivity index (χ0n) is 13.9. The summed E-state index contributed by atoms with van der Waals surface area (Å²) < 4.78 is 26.4. The normalized spacial score (nSPS) is 18.2. The Morgan fingerprint density at radius 3 is 2.12 bits per heavy atom. The monoisotopic (exact) mass is 359 g/mol. The first-order chi connectivity index (χ1) is 12.1. The van der Waals surface area contributed by atoms with E-state index in [2.05, 4.69) is 36.6 Å². The standard InChI is InChI=1S/C17H21N5O2S/c23-25(24,16-6-7-16)20-14-12-18-17(19-13-14)22-10-8-21(9-11-22)15-4-2-1-3-5-15/h1-5,12-13,16,20H,6-11H2. The minimum atomic E-state index is -3.27. The van der Waals surface area contributed by atoms with Gasteiger partial charge >= 0.3 is 0 Å². The van der Waals surface area contributed by atoms with Crippen LogP contribution in [0.5, 0.6) is 0 Å². The molecule has 0 atom stereocenters. The minimum absolute atomic E-state index is 0.252. The summed E-state index contributed by atoms with van der Waals surface area (Å²) >= 11 is 0. The lowest BCUT2D eigenvalue weighted by molar-refractivity contribution is 0.600. The maximum Gasteiger partial charge on any atom is 0.235 e. The van der Waals surface area contributed by atoms with Crippen LogP contribution in [0.4, 0.5) is 17.3 Å². The fraction of sp³-hybridized carbons (Fsp3) is 0.412. The van der Waals surface area contributed by atoms with Crippen LogP contribution in [0, 0.1) is 0 Å². The number of piperazine rings is 1. The van der Waals surface area contributed by atoms with Crippen molar-refractivity contribution in [3.63, 3.8) is 0 Å². The molecule has 0 radical (unpaired) electrons. The average Bonchev–Trinajstić information content (AvgIpc) is 3.49. The number of hydrogen-bond acceptors (Lipinski definition) is 6. The predicted molar refractivity (Wildman–Crippen MR) is 98.5 cm³/mol. The van der Waals surface area contributed by atoms with Crippen molar-refractivity contribution in [3.05, 3.63) is 42.7 Å². The van der Waals surface area contributed by atoms with Gasteiger partial charge in [-0.2, -0.15) is 0 Å². The first kappa shape index (κ1) is 16.1. The van der Waals surface area contributed by atoms with Crippen LogP contribution in [0.2, 0.25) is 0 Å². The summed E-state index contributed by atoms with van der Waals surface area (Å²) in [4.78, 5) is 13.1. The van der Waals surface area contributed by atoms with Crippen LogP contribution in [-0.2, 0) is 10.0 Å². The van der Waals surface area contributed by atoms with Crippen LogP contribution in [0.3, 0.4) is 0 Å². The molecule has 4 rings (SSSR count). The van der Waals surface area contributed by atoms with E-state index < -0.39 is 10.0 Å². The number of nitrogens with zero attached hydrogens (tertiary/aromatic N) is 4. The number of nitrogens with one attached hydrogen (secondary N) is 1. The molecule has 8 heteroatoms. The first-order valence-corrected chi connectivity index (χ1v) is 10.0. The lowest BCUT2D eigenvalue weighted by Gasteiger charge is -2.36. The van der Waals surface area contributed by atoms with Crippen molar-refractivity contribution in [1.82, 2.24) is 9.97 Å². The van der Waals surface area contributed by atoms with Crippen LogP contribution >= 0.6 is 0 Å². The Morgan fingerprint density at radius 2 is 1.52 bits per heavy atom. The van der Waals surface area contributed by atoms with E-state index >= 15 is 0 Å². The first-order valence-electron chi connectivity index (χ1n) is 8.50. The highest BCUT2D eigenvalue weighted by Gasteiger charge is 2.35. The number of aromatic nitrogens is 2. The van der Waals surface area contributed by atoms with Crippen LogP contribution in [-0.4, -0.2) is 49.8 Å². The Kier molecular flexibility index (Phi) is 4.20. The van der Waals surface area contributed by atoms with E-state index in [-0.39, 0.29) is 5.25 Å². The Bertz CT molecular complexity index is 814. The number of anilines is 3. The second-order valence-electron chi connectivity index (χ2n) is 6.43. The van der Waals surface area contributed by atoms with E-state index in [1.54, 1.807) is 12.4 Å². The predicted octanol–water partition coefficient (Wildman–Crippen LogP) is 1.71. The topological polar surface area (TPSA) is 78.4 Å². The van der Waals surface area contributed by atoms with Crippen molar-refractivity contribution >= 4 is 27.3 Å². The van der Waals surface area contributed by atoms with Crippen molar-refractivity contribution in [2.45, 2.75) is 18.1 Å². The van der Waals surface area contributed by atoms with Crippen LogP contribution < -0.4 is 14.5 Å². The molecule has 1 aromatic carbocycles. The molecule has 1 aliphatic heterocycles. The molecule has 1 saturated carbocycles. The molecule has 2 aromatic rings. The Balaban J connectivity index is 1.37. The molecule has 1 N–H and O–H groups in total. The van der Waals surface area contributed by atoms with Gasteiger partial charge in [-0.3, -0.25) is 4.72 Å². The molecule has 0 bridgehead atoms. The van der Waals surface area contributed by atoms with E-state index in [1.165, 1.54) is 5.69 Å². The summed E-state index contributed by atoms with van der Waals surface area (Å²) in [6, 6.07) is 10.4. The Morgan fingerprint density at radius 1 is 0.920 bits per heavy atom. The van der Waals surface area contributed by atoms with Gasteiger partial charge in [0, 0.05) is 31.9 Å². The van der Waals surface area contributed by atoms with E-state index in [0.29, 0.717) is 11.6 Å². The van der Waals surface area contributed by atoms with Gasteiger partial charge in [-0.1, -0.05) is 18.2 Å². The van der Waals surface area contributed by atoms with Crippen molar-refractivity contribution < 1.29 is 8.42 Å². The Hall–Kier alpha value is -2.35. The average molecular weight is 359 g/mol. The lowest BCUT2D eigenvalue weighted by atomic mass is 10.2. The van der Waals surface area contributed by atoms with E-state index in [0.717, 1.165) is 39.0 Å². The van der Waals surface area contributed by atoms with Crippen LogP contribution in [0.25, 0.3) is 0 Å². The molecule has 7 nitrogen and oxygen atoms in total. The highest BCUT2D eigenvalue weighted by atomic mass is 32.2. The molecule has 2 fully saturated rings. The van der Waals surface area contributed by atoms with E-state index in [1.807, 2.05) is 18.2 Å². The third-order valence-corrected chi connectivity index (χ3v) is 6.41. The molecule has 2 aliphatic rings. The summed E-state index contributed by atoms with van der Waals surface area (Å²) in [6.45, 7) is 3.48. The maximum atomic E-state index is 11.9. The molecular weight excluding hydrogens is 338 g/mol. The fourth-order valence-electron chi connectivity index (χ4n) is 2.97. The summed E-state index contributed by atoms with van der Waals surface area (Å²) in [5.74, 6) is 0.641. The summed E-state index contributed by atoms with van der Waals surface area (Å²) in [7, 11) is -3.27. The van der Waals surface area contributed by atoms with Crippen molar-refractivity contribution in [2.75, 3.05) is 40.7 Å². The lowest BCUT2D eigenvalue weighted by Crippen LogP contribution is -2.47. The minimum Gasteiger partial charge on any atom is -0.368 e. The van der Waals surface area contributed by atoms with Gasteiger partial charge in [0.15, 0.2) is 0 Å². The third kappa shape index (κ3) is 3.68. The number of sulfonamides is 1. The molecule has 25 heavy (non-hydrogen) atoms.